The van der Waals surface area contributed by atoms with Crippen molar-refractivity contribution in [2.45, 2.75) is 39.5 Å². The zero-order chi connectivity index (χ0) is 17.6. The fourth-order valence-electron chi connectivity index (χ4n) is 3.01. The summed E-state index contributed by atoms with van der Waals surface area (Å²) in [6.07, 6.45) is 6.60. The monoisotopic (exact) mass is 465 g/mol. The molecule has 5 nitrogen and oxygen atoms in total. The summed E-state index contributed by atoms with van der Waals surface area (Å²) < 4.78 is 0. The Morgan fingerprint density at radius 3 is 2.40 bits per heavy atom. The summed E-state index contributed by atoms with van der Waals surface area (Å²) in [4.78, 5) is 12.1. The van der Waals surface area contributed by atoms with E-state index in [-0.39, 0.29) is 24.0 Å². The molecular formula is C19H40IN5. The van der Waals surface area contributed by atoms with Crippen LogP contribution < -0.4 is 5.32 Å². The molecule has 1 N–H and O–H groups in total. The van der Waals surface area contributed by atoms with E-state index in [1.165, 1.54) is 52.1 Å². The van der Waals surface area contributed by atoms with E-state index in [0.717, 1.165) is 38.4 Å². The highest BCUT2D eigenvalue weighted by atomic mass is 127. The number of nitrogens with zero attached hydrogens (tertiary/aromatic N) is 4. The smallest absolute Gasteiger partial charge is 0.193 e. The number of hydrogen-bond donors (Lipinski definition) is 1. The van der Waals surface area contributed by atoms with Gasteiger partial charge in [0.15, 0.2) is 5.96 Å². The van der Waals surface area contributed by atoms with E-state index in [4.69, 9.17) is 4.99 Å². The number of likely N-dealkylation sites (N-methyl/N-ethyl adjacent to an activating group) is 1. The first-order valence-corrected chi connectivity index (χ1v) is 9.76. The lowest BCUT2D eigenvalue weighted by atomic mass is 10.2. The predicted octanol–water partition coefficient (Wildman–Crippen LogP) is 2.89. The molecule has 0 aromatic carbocycles. The van der Waals surface area contributed by atoms with Gasteiger partial charge in [-0.05, 0) is 45.7 Å². The second-order valence-corrected chi connectivity index (χ2v) is 6.57. The first-order valence-electron chi connectivity index (χ1n) is 9.76. The van der Waals surface area contributed by atoms with Crippen LogP contribution in [0.5, 0.6) is 0 Å². The number of rotatable bonds is 11. The molecule has 0 aliphatic carbocycles. The Labute approximate surface area is 172 Å². The van der Waals surface area contributed by atoms with Gasteiger partial charge in [0.1, 0.15) is 0 Å². The molecule has 1 aliphatic rings. The molecule has 1 heterocycles. The standard InChI is InChI=1S/C19H39N5.HI/c1-5-8-10-13-22(4)19(20-6-2)21-12-9-11-14-24-17-15-23(7-3)16-18-24;/h5H,1,6-18H2,2-4H3,(H,20,21);1H. The fraction of sp³-hybridized carbons (Fsp3) is 0.842. The maximum atomic E-state index is 4.78. The molecule has 6 heteroatoms. The fourth-order valence-corrected chi connectivity index (χ4v) is 3.01. The second kappa shape index (κ2) is 15.9. The lowest BCUT2D eigenvalue weighted by Crippen LogP contribution is -2.46. The number of aliphatic imine (C=N–C) groups is 1. The molecule has 25 heavy (non-hydrogen) atoms. The summed E-state index contributed by atoms with van der Waals surface area (Å²) >= 11 is 0. The van der Waals surface area contributed by atoms with Crippen LogP contribution in [0.4, 0.5) is 0 Å². The Morgan fingerprint density at radius 2 is 1.80 bits per heavy atom. The molecule has 0 unspecified atom stereocenters. The van der Waals surface area contributed by atoms with Gasteiger partial charge in [0, 0.05) is 52.9 Å². The van der Waals surface area contributed by atoms with Crippen LogP contribution in [0.25, 0.3) is 0 Å². The molecular weight excluding hydrogens is 425 g/mol. The lowest BCUT2D eigenvalue weighted by molar-refractivity contribution is 0.136. The maximum Gasteiger partial charge on any atom is 0.193 e. The van der Waals surface area contributed by atoms with Gasteiger partial charge >= 0.3 is 0 Å². The molecule has 148 valence electrons. The van der Waals surface area contributed by atoms with E-state index in [1.54, 1.807) is 0 Å². The summed E-state index contributed by atoms with van der Waals surface area (Å²) in [7, 11) is 2.12. The number of piperazine rings is 1. The molecule has 0 radical (unpaired) electrons. The quantitative estimate of drug-likeness (QED) is 0.167. The largest absolute Gasteiger partial charge is 0.357 e. The van der Waals surface area contributed by atoms with Crippen molar-refractivity contribution in [3.63, 3.8) is 0 Å². The van der Waals surface area contributed by atoms with E-state index < -0.39 is 0 Å². The molecule has 0 aromatic heterocycles. The van der Waals surface area contributed by atoms with Crippen LogP contribution in [0.1, 0.15) is 39.5 Å². The van der Waals surface area contributed by atoms with Gasteiger partial charge in [0.05, 0.1) is 0 Å². The highest BCUT2D eigenvalue weighted by Crippen LogP contribution is 2.03. The average Bonchev–Trinajstić information content (AvgIpc) is 2.61. The van der Waals surface area contributed by atoms with E-state index in [1.807, 2.05) is 6.08 Å². The van der Waals surface area contributed by atoms with Gasteiger partial charge in [-0.25, -0.2) is 0 Å². The van der Waals surface area contributed by atoms with Crippen molar-refractivity contribution < 1.29 is 0 Å². The van der Waals surface area contributed by atoms with E-state index in [2.05, 4.69) is 47.5 Å². The predicted molar refractivity (Wildman–Crippen MR) is 121 cm³/mol. The van der Waals surface area contributed by atoms with Crippen LogP contribution in [0.3, 0.4) is 0 Å². The van der Waals surface area contributed by atoms with Crippen molar-refractivity contribution in [1.82, 2.24) is 20.0 Å². The molecule has 0 amide bonds. The van der Waals surface area contributed by atoms with E-state index in [0.29, 0.717) is 0 Å². The lowest BCUT2D eigenvalue weighted by Gasteiger charge is -2.33. The Hall–Kier alpha value is -0.340. The summed E-state index contributed by atoms with van der Waals surface area (Å²) in [6, 6.07) is 0. The van der Waals surface area contributed by atoms with Crippen LogP contribution in [0.2, 0.25) is 0 Å². The Balaban J connectivity index is 0.00000576. The maximum absolute atomic E-state index is 4.78. The number of unbranched alkanes of at least 4 members (excludes halogenated alkanes) is 2. The summed E-state index contributed by atoms with van der Waals surface area (Å²) in [5.74, 6) is 1.04. The summed E-state index contributed by atoms with van der Waals surface area (Å²) in [5.41, 5.74) is 0. The van der Waals surface area contributed by atoms with Gasteiger partial charge in [0.25, 0.3) is 0 Å². The van der Waals surface area contributed by atoms with Crippen LogP contribution in [-0.2, 0) is 0 Å². The SMILES string of the molecule is C=CCCCN(C)C(=NCCCCN1CCN(CC)CC1)NCC.I. The third-order valence-electron chi connectivity index (χ3n) is 4.65. The number of nitrogens with one attached hydrogen (secondary N) is 1. The minimum atomic E-state index is 0. The van der Waals surface area contributed by atoms with Crippen molar-refractivity contribution in [2.24, 2.45) is 4.99 Å². The molecule has 1 rings (SSSR count). The van der Waals surface area contributed by atoms with Crippen molar-refractivity contribution in [3.05, 3.63) is 12.7 Å². The molecule has 1 aliphatic heterocycles. The highest BCUT2D eigenvalue weighted by Gasteiger charge is 2.14. The van der Waals surface area contributed by atoms with Gasteiger partial charge in [-0.1, -0.05) is 13.0 Å². The minimum absolute atomic E-state index is 0. The van der Waals surface area contributed by atoms with Gasteiger partial charge in [0.2, 0.25) is 0 Å². The molecule has 0 saturated carbocycles. The second-order valence-electron chi connectivity index (χ2n) is 6.57. The Morgan fingerprint density at radius 1 is 1.12 bits per heavy atom. The first kappa shape index (κ1) is 24.7. The van der Waals surface area contributed by atoms with Crippen LogP contribution in [-0.4, -0.2) is 86.6 Å². The minimum Gasteiger partial charge on any atom is -0.357 e. The third kappa shape index (κ3) is 11.1. The topological polar surface area (TPSA) is 34.1 Å². The number of allylic oxidation sites excluding steroid dienone is 1. The zero-order valence-corrected chi connectivity index (χ0v) is 19.0. The van der Waals surface area contributed by atoms with Crippen LogP contribution >= 0.6 is 24.0 Å². The summed E-state index contributed by atoms with van der Waals surface area (Å²) in [5, 5.41) is 3.40. The van der Waals surface area contributed by atoms with Crippen molar-refractivity contribution in [2.75, 3.05) is 66.0 Å². The van der Waals surface area contributed by atoms with Gasteiger partial charge in [-0.3, -0.25) is 4.99 Å². The third-order valence-corrected chi connectivity index (χ3v) is 4.65. The van der Waals surface area contributed by atoms with Crippen molar-refractivity contribution in [3.8, 4) is 0 Å². The number of halogens is 1. The first-order chi connectivity index (χ1) is 11.7. The van der Waals surface area contributed by atoms with Crippen LogP contribution in [0, 0.1) is 0 Å². The number of guanidine groups is 1. The molecule has 0 spiro atoms. The molecule has 1 saturated heterocycles. The van der Waals surface area contributed by atoms with Gasteiger partial charge in [-0.15, -0.1) is 30.6 Å². The molecule has 1 fully saturated rings. The number of hydrogen-bond acceptors (Lipinski definition) is 3. The van der Waals surface area contributed by atoms with Crippen molar-refractivity contribution in [1.29, 1.82) is 0 Å². The molecule has 0 bridgehead atoms. The zero-order valence-electron chi connectivity index (χ0n) is 16.7. The average molecular weight is 465 g/mol. The Kier molecular flexibility index (Phi) is 15.7. The van der Waals surface area contributed by atoms with E-state index >= 15 is 0 Å². The van der Waals surface area contributed by atoms with Crippen LogP contribution in [0.15, 0.2) is 17.6 Å². The van der Waals surface area contributed by atoms with Gasteiger partial charge < -0.3 is 20.0 Å². The molecule has 0 atom stereocenters. The normalized spacial score (nSPS) is 16.4. The summed E-state index contributed by atoms with van der Waals surface area (Å²) in [6.45, 7) is 18.4. The van der Waals surface area contributed by atoms with E-state index in [9.17, 15) is 0 Å². The van der Waals surface area contributed by atoms with Crippen molar-refractivity contribution >= 4 is 29.9 Å². The Bertz CT molecular complexity index is 354. The molecule has 0 aromatic rings. The highest BCUT2D eigenvalue weighted by molar-refractivity contribution is 14.0. The van der Waals surface area contributed by atoms with Gasteiger partial charge in [-0.2, -0.15) is 0 Å².